The molecule has 0 radical (unpaired) electrons. The van der Waals surface area contributed by atoms with Crippen LogP contribution < -0.4 is 10.2 Å². The normalized spacial score (nSPS) is 16.0. The molecule has 0 saturated carbocycles. The number of likely N-dealkylation sites (tertiary alicyclic amines) is 1. The molecular formula is C27H29BrN6O3. The minimum absolute atomic E-state index is 0.0451. The number of fused-ring (bicyclic) bond motifs is 1. The van der Waals surface area contributed by atoms with Crippen LogP contribution in [0.1, 0.15) is 15.9 Å². The summed E-state index contributed by atoms with van der Waals surface area (Å²) in [5.41, 5.74) is 2.52. The van der Waals surface area contributed by atoms with Gasteiger partial charge in [-0.05, 0) is 42.8 Å². The second kappa shape index (κ2) is 10.4. The molecule has 9 nitrogen and oxygen atoms in total. The first-order valence-corrected chi connectivity index (χ1v) is 13.1. The molecule has 1 N–H and O–H groups in total. The highest BCUT2D eigenvalue weighted by Crippen LogP contribution is 2.27. The summed E-state index contributed by atoms with van der Waals surface area (Å²) in [6.07, 6.45) is 4.92. The lowest BCUT2D eigenvalue weighted by Crippen LogP contribution is -2.61. The Bertz CT molecular complexity index is 1350. The Hall–Kier alpha value is -3.66. The number of carbonyl (C=O) groups is 3. The number of aromatic nitrogens is 2. The van der Waals surface area contributed by atoms with Gasteiger partial charge >= 0.3 is 0 Å². The van der Waals surface area contributed by atoms with Crippen LogP contribution in [0.5, 0.6) is 0 Å². The number of hydrogen-bond donors (Lipinski definition) is 1. The number of nitrogens with one attached hydrogen (secondary N) is 1. The molecule has 0 unspecified atom stereocenters. The molecule has 0 atom stereocenters. The fourth-order valence-electron chi connectivity index (χ4n) is 4.83. The average molecular weight is 565 g/mol. The van der Waals surface area contributed by atoms with Gasteiger partial charge in [-0.2, -0.15) is 0 Å². The van der Waals surface area contributed by atoms with Crippen molar-refractivity contribution < 1.29 is 14.4 Å². The number of amides is 3. The van der Waals surface area contributed by atoms with E-state index in [0.29, 0.717) is 44.8 Å². The summed E-state index contributed by atoms with van der Waals surface area (Å²) in [5.74, 6) is 0.587. The molecule has 4 heterocycles. The zero-order valence-electron chi connectivity index (χ0n) is 20.7. The molecule has 0 aliphatic carbocycles. The Labute approximate surface area is 223 Å². The highest BCUT2D eigenvalue weighted by Gasteiger charge is 2.31. The third kappa shape index (κ3) is 5.24. The van der Waals surface area contributed by atoms with Crippen LogP contribution in [0.2, 0.25) is 0 Å². The largest absolute Gasteiger partial charge is 0.353 e. The summed E-state index contributed by atoms with van der Waals surface area (Å²) >= 11 is 3.52. The number of rotatable bonds is 6. The van der Waals surface area contributed by atoms with Gasteiger partial charge < -0.3 is 24.6 Å². The van der Waals surface area contributed by atoms with E-state index in [2.05, 4.69) is 37.7 Å². The maximum absolute atomic E-state index is 13.6. The maximum Gasteiger partial charge on any atom is 0.256 e. The molecule has 192 valence electrons. The minimum Gasteiger partial charge on any atom is -0.353 e. The summed E-state index contributed by atoms with van der Waals surface area (Å²) < 4.78 is 2.69. The topological polar surface area (TPSA) is 90.8 Å². The number of hydrogen-bond acceptors (Lipinski definition) is 5. The number of pyridine rings is 1. The quantitative estimate of drug-likeness (QED) is 0.465. The third-order valence-electron chi connectivity index (χ3n) is 6.91. The van der Waals surface area contributed by atoms with Crippen molar-refractivity contribution in [2.24, 2.45) is 0 Å². The summed E-state index contributed by atoms with van der Waals surface area (Å²) in [4.78, 5) is 48.2. The minimum atomic E-state index is -0.159. The van der Waals surface area contributed by atoms with Gasteiger partial charge in [0.05, 0.1) is 11.6 Å². The molecule has 2 saturated heterocycles. The van der Waals surface area contributed by atoms with Crippen molar-refractivity contribution in [2.45, 2.75) is 19.5 Å². The number of nitrogens with zero attached hydrogens (tertiary/aromatic N) is 5. The number of aryl methyl sites for hydroxylation is 1. The fraction of sp³-hybridized carbons (Fsp3) is 0.333. The van der Waals surface area contributed by atoms with Crippen LogP contribution in [0.4, 0.5) is 5.82 Å². The predicted octanol–water partition coefficient (Wildman–Crippen LogP) is 2.58. The van der Waals surface area contributed by atoms with Gasteiger partial charge in [0.25, 0.3) is 5.91 Å². The van der Waals surface area contributed by atoms with Crippen LogP contribution in [0.3, 0.4) is 0 Å². The van der Waals surface area contributed by atoms with Crippen LogP contribution in [0.15, 0.2) is 59.9 Å². The van der Waals surface area contributed by atoms with E-state index in [1.807, 2.05) is 52.9 Å². The van der Waals surface area contributed by atoms with Gasteiger partial charge in [0, 0.05) is 67.0 Å². The summed E-state index contributed by atoms with van der Waals surface area (Å²) in [6.45, 7) is 9.15. The molecule has 5 rings (SSSR count). The first-order valence-electron chi connectivity index (χ1n) is 12.3. The Morgan fingerprint density at radius 2 is 1.86 bits per heavy atom. The number of piperazine rings is 1. The van der Waals surface area contributed by atoms with Gasteiger partial charge in [0.2, 0.25) is 11.8 Å². The standard InChI is InChI=1S/C27H29BrN6O3/c1-3-26(36)34-14-20(15-34)30-25(35)17-33-16-22(21-12-19(28)5-6-23(21)33)27(37)32-10-8-31(9-11-32)24-7-4-18(2)13-29-24/h3-7,12-13,16,20H,1,8-11,14-15,17H2,2H3,(H,30,35). The molecule has 3 amide bonds. The first-order chi connectivity index (χ1) is 17.8. The molecule has 37 heavy (non-hydrogen) atoms. The third-order valence-corrected chi connectivity index (χ3v) is 7.40. The van der Waals surface area contributed by atoms with Crippen molar-refractivity contribution in [1.82, 2.24) is 24.7 Å². The summed E-state index contributed by atoms with van der Waals surface area (Å²) in [7, 11) is 0. The molecule has 10 heteroatoms. The molecule has 0 spiro atoms. The Kier molecular flexibility index (Phi) is 7.01. The van der Waals surface area contributed by atoms with E-state index in [4.69, 9.17) is 0 Å². The van der Waals surface area contributed by atoms with Crippen LogP contribution in [0.25, 0.3) is 10.9 Å². The van der Waals surface area contributed by atoms with Gasteiger partial charge in [-0.3, -0.25) is 14.4 Å². The van der Waals surface area contributed by atoms with Crippen LogP contribution in [-0.4, -0.2) is 82.4 Å². The number of benzene rings is 1. The molecule has 1 aromatic carbocycles. The smallest absolute Gasteiger partial charge is 0.256 e. The van der Waals surface area contributed by atoms with Gasteiger partial charge in [0.15, 0.2) is 0 Å². The van der Waals surface area contributed by atoms with Crippen molar-refractivity contribution in [3.05, 3.63) is 71.0 Å². The highest BCUT2D eigenvalue weighted by atomic mass is 79.9. The zero-order chi connectivity index (χ0) is 26.1. The van der Waals surface area contributed by atoms with Crippen molar-refractivity contribution in [1.29, 1.82) is 0 Å². The average Bonchev–Trinajstić information content (AvgIpc) is 3.22. The lowest BCUT2D eigenvalue weighted by Gasteiger charge is -2.38. The fourth-order valence-corrected chi connectivity index (χ4v) is 5.19. The van der Waals surface area contributed by atoms with E-state index in [0.717, 1.165) is 26.8 Å². The summed E-state index contributed by atoms with van der Waals surface area (Å²) in [5, 5.41) is 3.78. The SMILES string of the molecule is C=CC(=O)N1CC(NC(=O)Cn2cc(C(=O)N3CCN(c4ccc(C)cn4)CC3)c3cc(Br)ccc32)C1. The number of halogens is 1. The summed E-state index contributed by atoms with van der Waals surface area (Å²) in [6, 6.07) is 9.73. The number of anilines is 1. The van der Waals surface area contributed by atoms with Gasteiger partial charge in [-0.1, -0.05) is 28.6 Å². The first kappa shape index (κ1) is 25.0. The van der Waals surface area contributed by atoms with Crippen LogP contribution in [0, 0.1) is 6.92 Å². The molecule has 2 aliphatic heterocycles. The Balaban J connectivity index is 1.27. The number of carbonyl (C=O) groups excluding carboxylic acids is 3. The van der Waals surface area contributed by atoms with Crippen molar-refractivity contribution in [3.63, 3.8) is 0 Å². The maximum atomic E-state index is 13.6. The van der Waals surface area contributed by atoms with Gasteiger partial charge in [-0.15, -0.1) is 0 Å². The van der Waals surface area contributed by atoms with E-state index in [9.17, 15) is 14.4 Å². The van der Waals surface area contributed by atoms with Gasteiger partial charge in [-0.25, -0.2) is 4.98 Å². The Morgan fingerprint density at radius 1 is 1.11 bits per heavy atom. The van der Waals surface area contributed by atoms with Crippen LogP contribution in [-0.2, 0) is 16.1 Å². The second-order valence-corrected chi connectivity index (χ2v) is 10.4. The van der Waals surface area contributed by atoms with E-state index >= 15 is 0 Å². The lowest BCUT2D eigenvalue weighted by molar-refractivity contribution is -0.133. The molecule has 2 aromatic heterocycles. The molecule has 3 aromatic rings. The second-order valence-electron chi connectivity index (χ2n) is 9.52. The van der Waals surface area contributed by atoms with Crippen molar-refractivity contribution >= 4 is 50.4 Å². The molecule has 2 fully saturated rings. The lowest BCUT2D eigenvalue weighted by atomic mass is 10.1. The molecule has 0 bridgehead atoms. The van der Waals surface area contributed by atoms with Crippen molar-refractivity contribution in [3.8, 4) is 0 Å². The van der Waals surface area contributed by atoms with Crippen molar-refractivity contribution in [2.75, 3.05) is 44.2 Å². The van der Waals surface area contributed by atoms with E-state index in [1.54, 1.807) is 11.1 Å². The highest BCUT2D eigenvalue weighted by molar-refractivity contribution is 9.10. The van der Waals surface area contributed by atoms with E-state index in [-0.39, 0.29) is 30.3 Å². The van der Waals surface area contributed by atoms with Crippen LogP contribution >= 0.6 is 15.9 Å². The van der Waals surface area contributed by atoms with Gasteiger partial charge in [0.1, 0.15) is 12.4 Å². The zero-order valence-corrected chi connectivity index (χ0v) is 22.3. The van der Waals surface area contributed by atoms with E-state index in [1.165, 1.54) is 6.08 Å². The predicted molar refractivity (Wildman–Crippen MR) is 145 cm³/mol. The molecule has 2 aliphatic rings. The monoisotopic (exact) mass is 564 g/mol. The Morgan fingerprint density at radius 3 is 2.54 bits per heavy atom. The van der Waals surface area contributed by atoms with E-state index < -0.39 is 0 Å². The molecular weight excluding hydrogens is 536 g/mol.